The maximum atomic E-state index is 11.5. The van der Waals surface area contributed by atoms with Gasteiger partial charge in [0.15, 0.2) is 0 Å². The van der Waals surface area contributed by atoms with Gasteiger partial charge in [-0.3, -0.25) is 4.98 Å². The van der Waals surface area contributed by atoms with Crippen molar-refractivity contribution in [1.29, 1.82) is 5.26 Å². The summed E-state index contributed by atoms with van der Waals surface area (Å²) in [4.78, 5) is 15.4. The summed E-state index contributed by atoms with van der Waals surface area (Å²) in [5.41, 5.74) is 2.73. The lowest BCUT2D eigenvalue weighted by molar-refractivity contribution is 0.0696. The van der Waals surface area contributed by atoms with Gasteiger partial charge in [-0.15, -0.1) is 0 Å². The average molecular weight is 385 g/mol. The van der Waals surface area contributed by atoms with Crippen molar-refractivity contribution < 1.29 is 14.6 Å². The van der Waals surface area contributed by atoms with Crippen molar-refractivity contribution in [2.45, 2.75) is 6.92 Å². The number of hydrogen-bond acceptors (Lipinski definition) is 6. The molecule has 4 aromatic rings. The molecular weight excluding hydrogens is 370 g/mol. The second-order valence-electron chi connectivity index (χ2n) is 6.25. The Bertz CT molecular complexity index is 1240. The van der Waals surface area contributed by atoms with Crippen molar-refractivity contribution in [3.8, 4) is 17.6 Å². The molecule has 0 saturated heterocycles. The maximum Gasteiger partial charge on any atom is 0.337 e. The van der Waals surface area contributed by atoms with Crippen LogP contribution in [0.5, 0.6) is 11.5 Å². The van der Waals surface area contributed by atoms with Gasteiger partial charge in [-0.05, 0) is 48.9 Å². The summed E-state index contributed by atoms with van der Waals surface area (Å²) in [6.45, 7) is 1.69. The lowest BCUT2D eigenvalue weighted by Gasteiger charge is -2.12. The zero-order chi connectivity index (χ0) is 20.4. The molecule has 0 radical (unpaired) electrons. The smallest absolute Gasteiger partial charge is 0.337 e. The number of rotatable bonds is 5. The summed E-state index contributed by atoms with van der Waals surface area (Å²) in [6.07, 6.45) is 6.13. The maximum absolute atomic E-state index is 11.5. The van der Waals surface area contributed by atoms with E-state index in [2.05, 4.69) is 21.5 Å². The molecule has 0 saturated carbocycles. The van der Waals surface area contributed by atoms with Gasteiger partial charge >= 0.3 is 5.97 Å². The monoisotopic (exact) mass is 385 g/mol. The molecule has 0 bridgehead atoms. The fourth-order valence-electron chi connectivity index (χ4n) is 3.01. The van der Waals surface area contributed by atoms with Crippen molar-refractivity contribution in [3.63, 3.8) is 0 Å². The van der Waals surface area contributed by atoms with Gasteiger partial charge in [-0.25, -0.2) is 9.31 Å². The number of ether oxygens (including phenoxy) is 1. The first-order chi connectivity index (χ1) is 14.1. The number of pyridine rings is 1. The molecule has 0 aliphatic rings. The van der Waals surface area contributed by atoms with Gasteiger partial charge in [0.1, 0.15) is 17.6 Å². The highest BCUT2D eigenvalue weighted by Gasteiger charge is 2.19. The number of aryl methyl sites for hydroxylation is 1. The van der Waals surface area contributed by atoms with Crippen LogP contribution in [0.4, 0.5) is 11.4 Å². The zero-order valence-electron chi connectivity index (χ0n) is 15.3. The lowest BCUT2D eigenvalue weighted by Crippen LogP contribution is -2.01. The Morgan fingerprint density at radius 3 is 2.52 bits per heavy atom. The lowest BCUT2D eigenvalue weighted by atomic mass is 10.1. The largest absolute Gasteiger partial charge is 0.478 e. The molecular formula is C21H15N5O3. The third-order valence-corrected chi connectivity index (χ3v) is 4.42. The second-order valence-corrected chi connectivity index (χ2v) is 6.25. The molecule has 0 aliphatic carbocycles. The van der Waals surface area contributed by atoms with Crippen LogP contribution in [0.3, 0.4) is 0 Å². The Labute approximate surface area is 165 Å². The van der Waals surface area contributed by atoms with Crippen molar-refractivity contribution in [3.05, 3.63) is 77.9 Å². The molecule has 3 aromatic heterocycles. The molecule has 1 aromatic carbocycles. The minimum Gasteiger partial charge on any atom is -0.478 e. The summed E-state index contributed by atoms with van der Waals surface area (Å²) in [6, 6.07) is 12.8. The molecule has 8 heteroatoms. The van der Waals surface area contributed by atoms with E-state index >= 15 is 0 Å². The Morgan fingerprint density at radius 1 is 1.17 bits per heavy atom. The Kier molecular flexibility index (Phi) is 4.55. The number of nitrogens with zero attached hydrogens (tertiary/aromatic N) is 4. The summed E-state index contributed by atoms with van der Waals surface area (Å²) in [5, 5.41) is 26.2. The van der Waals surface area contributed by atoms with Crippen LogP contribution in [-0.4, -0.2) is 25.7 Å². The quantitative estimate of drug-likeness (QED) is 0.531. The molecule has 0 amide bonds. The molecule has 8 nitrogen and oxygen atoms in total. The van der Waals surface area contributed by atoms with Gasteiger partial charge in [-0.2, -0.15) is 10.4 Å². The number of carboxylic acids is 1. The normalized spacial score (nSPS) is 10.5. The number of benzene rings is 1. The Balaban J connectivity index is 1.68. The summed E-state index contributed by atoms with van der Waals surface area (Å²) in [7, 11) is 0. The second kappa shape index (κ2) is 7.32. The molecule has 2 N–H and O–H groups in total. The van der Waals surface area contributed by atoms with Gasteiger partial charge in [-0.1, -0.05) is 0 Å². The van der Waals surface area contributed by atoms with Crippen LogP contribution in [0.2, 0.25) is 0 Å². The number of carbonyl (C=O) groups is 1. The molecule has 0 spiro atoms. The van der Waals surface area contributed by atoms with Crippen molar-refractivity contribution in [2.75, 3.05) is 5.32 Å². The summed E-state index contributed by atoms with van der Waals surface area (Å²) < 4.78 is 7.21. The van der Waals surface area contributed by atoms with E-state index < -0.39 is 5.97 Å². The molecule has 0 unspecified atom stereocenters. The van der Waals surface area contributed by atoms with E-state index in [1.807, 2.05) is 12.1 Å². The van der Waals surface area contributed by atoms with E-state index in [4.69, 9.17) is 4.74 Å². The standard InChI is InChI=1S/C21H15N5O3/c1-13-18(21(27)28)12-26-20(13)19(14(10-22)11-24-26)25-15-2-4-16(5-3-15)29-17-6-8-23-9-7-17/h2-9,11-12,25H,1H3,(H,27,28). The fraction of sp³-hybridized carbons (Fsp3) is 0.0476. The highest BCUT2D eigenvalue weighted by atomic mass is 16.5. The first-order valence-corrected chi connectivity index (χ1v) is 8.66. The predicted molar refractivity (Wildman–Crippen MR) is 106 cm³/mol. The Hall–Kier alpha value is -4.38. The number of carboxylic acid groups (broad SMARTS) is 1. The number of anilines is 2. The molecule has 142 valence electrons. The van der Waals surface area contributed by atoms with E-state index in [0.717, 1.165) is 0 Å². The number of nitriles is 1. The van der Waals surface area contributed by atoms with Crippen molar-refractivity contribution >= 4 is 22.9 Å². The topological polar surface area (TPSA) is 113 Å². The van der Waals surface area contributed by atoms with Gasteiger partial charge in [0.25, 0.3) is 0 Å². The Morgan fingerprint density at radius 2 is 1.86 bits per heavy atom. The molecule has 29 heavy (non-hydrogen) atoms. The van der Waals surface area contributed by atoms with Gasteiger partial charge in [0.2, 0.25) is 0 Å². The molecule has 0 aliphatic heterocycles. The molecule has 0 fully saturated rings. The molecule has 3 heterocycles. The minimum absolute atomic E-state index is 0.136. The van der Waals surface area contributed by atoms with Crippen LogP contribution in [-0.2, 0) is 0 Å². The van der Waals surface area contributed by atoms with Crippen LogP contribution in [0.25, 0.3) is 5.52 Å². The minimum atomic E-state index is -1.05. The third kappa shape index (κ3) is 3.44. The number of fused-ring (bicyclic) bond motifs is 1. The molecule has 0 atom stereocenters. The van der Waals surface area contributed by atoms with Crippen LogP contribution >= 0.6 is 0 Å². The fourth-order valence-corrected chi connectivity index (χ4v) is 3.01. The van der Waals surface area contributed by atoms with Crippen LogP contribution in [0.15, 0.2) is 61.2 Å². The highest BCUT2D eigenvalue weighted by molar-refractivity contribution is 5.96. The highest BCUT2D eigenvalue weighted by Crippen LogP contribution is 2.31. The molecule has 4 rings (SSSR count). The zero-order valence-corrected chi connectivity index (χ0v) is 15.3. The van der Waals surface area contributed by atoms with Gasteiger partial charge in [0, 0.05) is 24.3 Å². The third-order valence-electron chi connectivity index (χ3n) is 4.42. The SMILES string of the molecule is Cc1c(C(=O)O)cn2ncc(C#N)c(Nc3ccc(Oc4ccncc4)cc3)c12. The van der Waals surface area contributed by atoms with Gasteiger partial charge < -0.3 is 15.2 Å². The van der Waals surface area contributed by atoms with Crippen LogP contribution < -0.4 is 10.1 Å². The average Bonchev–Trinajstić information content (AvgIpc) is 3.08. The van der Waals surface area contributed by atoms with Gasteiger partial charge in [0.05, 0.1) is 28.5 Å². The van der Waals surface area contributed by atoms with E-state index in [-0.39, 0.29) is 5.56 Å². The van der Waals surface area contributed by atoms with E-state index in [0.29, 0.717) is 39.5 Å². The van der Waals surface area contributed by atoms with Crippen molar-refractivity contribution in [1.82, 2.24) is 14.6 Å². The predicted octanol–water partition coefficient (Wildman–Crippen LogP) is 4.14. The van der Waals surface area contributed by atoms with Crippen LogP contribution in [0.1, 0.15) is 21.5 Å². The summed E-state index contributed by atoms with van der Waals surface area (Å²) in [5.74, 6) is 0.276. The number of hydrogen-bond donors (Lipinski definition) is 2. The first-order valence-electron chi connectivity index (χ1n) is 8.66. The van der Waals surface area contributed by atoms with Crippen molar-refractivity contribution in [2.24, 2.45) is 0 Å². The van der Waals surface area contributed by atoms with E-state index in [1.165, 1.54) is 16.9 Å². The first kappa shape index (κ1) is 18.0. The number of nitrogens with one attached hydrogen (secondary N) is 1. The summed E-state index contributed by atoms with van der Waals surface area (Å²) >= 11 is 0. The van der Waals surface area contributed by atoms with E-state index in [9.17, 15) is 15.2 Å². The number of aromatic nitrogens is 3. The van der Waals surface area contributed by atoms with Crippen LogP contribution in [0, 0.1) is 18.3 Å². The van der Waals surface area contributed by atoms with E-state index in [1.54, 1.807) is 43.6 Å². The number of aromatic carboxylic acids is 1.